The molecule has 3 N–H and O–H groups in total. The summed E-state index contributed by atoms with van der Waals surface area (Å²) in [7, 11) is 0. The molecule has 7 nitrogen and oxygen atoms in total. The summed E-state index contributed by atoms with van der Waals surface area (Å²) in [6.07, 6.45) is 0.516. The van der Waals surface area contributed by atoms with Gasteiger partial charge in [0.15, 0.2) is 6.29 Å². The maximum Gasteiger partial charge on any atom is 0.325 e. The van der Waals surface area contributed by atoms with Crippen LogP contribution in [0.15, 0.2) is 42.5 Å². The monoisotopic (exact) mass is 343 g/mol. The number of aldehydes is 1. The standard InChI is InChI=1S/C18H17NO6/c1-11(18(23)24)19-17(22)13-7-5-12(6-8-13)10-25-16-4-2-3-15(21)14(16)9-20/h2-9,11,21H,10H2,1H3,(H,19,22)(H,23,24)/t11-/m0/s1. The van der Waals surface area contributed by atoms with Gasteiger partial charge in [-0.3, -0.25) is 14.4 Å². The Balaban J connectivity index is 2.01. The van der Waals surface area contributed by atoms with Gasteiger partial charge >= 0.3 is 5.97 Å². The number of carbonyl (C=O) groups is 3. The first-order valence-corrected chi connectivity index (χ1v) is 7.45. The highest BCUT2D eigenvalue weighted by Gasteiger charge is 2.15. The van der Waals surface area contributed by atoms with E-state index in [1.54, 1.807) is 36.4 Å². The molecule has 0 aromatic heterocycles. The highest BCUT2D eigenvalue weighted by molar-refractivity contribution is 5.96. The molecule has 0 saturated heterocycles. The van der Waals surface area contributed by atoms with Gasteiger partial charge in [0.25, 0.3) is 5.91 Å². The Morgan fingerprint density at radius 1 is 1.20 bits per heavy atom. The summed E-state index contributed by atoms with van der Waals surface area (Å²) in [5, 5.41) is 20.7. The number of benzene rings is 2. The van der Waals surface area contributed by atoms with Crippen LogP contribution in [0, 0.1) is 0 Å². The van der Waals surface area contributed by atoms with E-state index in [-0.39, 0.29) is 23.7 Å². The molecular formula is C18H17NO6. The number of hydrogen-bond donors (Lipinski definition) is 3. The molecule has 7 heteroatoms. The number of carboxylic acids is 1. The Hall–Kier alpha value is -3.35. The largest absolute Gasteiger partial charge is 0.507 e. The molecule has 2 aromatic rings. The highest BCUT2D eigenvalue weighted by Crippen LogP contribution is 2.26. The lowest BCUT2D eigenvalue weighted by molar-refractivity contribution is -0.138. The van der Waals surface area contributed by atoms with E-state index in [9.17, 15) is 19.5 Å². The fourth-order valence-corrected chi connectivity index (χ4v) is 2.03. The van der Waals surface area contributed by atoms with Crippen molar-refractivity contribution >= 4 is 18.2 Å². The van der Waals surface area contributed by atoms with Crippen molar-refractivity contribution in [3.05, 3.63) is 59.2 Å². The molecule has 1 amide bonds. The first-order chi connectivity index (χ1) is 11.9. The van der Waals surface area contributed by atoms with Crippen molar-refractivity contribution in [1.29, 1.82) is 0 Å². The Morgan fingerprint density at radius 3 is 2.48 bits per heavy atom. The minimum absolute atomic E-state index is 0.0705. The van der Waals surface area contributed by atoms with Gasteiger partial charge in [-0.1, -0.05) is 18.2 Å². The van der Waals surface area contributed by atoms with Gasteiger partial charge < -0.3 is 20.3 Å². The second-order valence-corrected chi connectivity index (χ2v) is 5.33. The Morgan fingerprint density at radius 2 is 1.88 bits per heavy atom. The minimum atomic E-state index is -1.12. The SMILES string of the molecule is C[C@H](NC(=O)c1ccc(COc2cccc(O)c2C=O)cc1)C(=O)O. The number of carboxylic acid groups (broad SMARTS) is 1. The van der Waals surface area contributed by atoms with Crippen LogP contribution in [0.5, 0.6) is 11.5 Å². The van der Waals surface area contributed by atoms with Gasteiger partial charge in [0.2, 0.25) is 0 Å². The number of ether oxygens (including phenoxy) is 1. The lowest BCUT2D eigenvalue weighted by Crippen LogP contribution is -2.38. The summed E-state index contributed by atoms with van der Waals surface area (Å²) < 4.78 is 5.52. The third-order valence-electron chi connectivity index (χ3n) is 3.49. The van der Waals surface area contributed by atoms with Crippen molar-refractivity contribution < 1.29 is 29.3 Å². The summed E-state index contributed by atoms with van der Waals surface area (Å²) in [6.45, 7) is 1.51. The second-order valence-electron chi connectivity index (χ2n) is 5.33. The number of phenolic OH excluding ortho intramolecular Hbond substituents is 1. The summed E-state index contributed by atoms with van der Waals surface area (Å²) in [5.74, 6) is -1.51. The topological polar surface area (TPSA) is 113 Å². The van der Waals surface area contributed by atoms with E-state index < -0.39 is 17.9 Å². The Bertz CT molecular complexity index is 785. The van der Waals surface area contributed by atoms with Crippen LogP contribution in [0.3, 0.4) is 0 Å². The molecule has 0 heterocycles. The molecule has 2 rings (SSSR count). The molecule has 25 heavy (non-hydrogen) atoms. The number of amides is 1. The number of aromatic hydroxyl groups is 1. The molecule has 0 fully saturated rings. The van der Waals surface area contributed by atoms with Crippen molar-refractivity contribution in [3.63, 3.8) is 0 Å². The van der Waals surface area contributed by atoms with Crippen molar-refractivity contribution in [2.45, 2.75) is 19.6 Å². The normalized spacial score (nSPS) is 11.4. The van der Waals surface area contributed by atoms with Gasteiger partial charge in [0.05, 0.1) is 5.56 Å². The van der Waals surface area contributed by atoms with Crippen LogP contribution < -0.4 is 10.1 Å². The van der Waals surface area contributed by atoms with Crippen molar-refractivity contribution in [2.24, 2.45) is 0 Å². The van der Waals surface area contributed by atoms with Crippen LogP contribution in [0.25, 0.3) is 0 Å². The predicted octanol–water partition coefficient (Wildman–Crippen LogP) is 1.99. The Kier molecular flexibility index (Phi) is 5.73. The summed E-state index contributed by atoms with van der Waals surface area (Å²) in [6, 6.07) is 9.95. The summed E-state index contributed by atoms with van der Waals surface area (Å²) in [4.78, 5) is 33.6. The molecule has 0 unspecified atom stereocenters. The molecule has 1 atom stereocenters. The molecule has 130 valence electrons. The molecule has 0 aliphatic rings. The maximum absolute atomic E-state index is 11.9. The van der Waals surface area contributed by atoms with Gasteiger partial charge in [-0.05, 0) is 36.8 Å². The lowest BCUT2D eigenvalue weighted by Gasteiger charge is -2.11. The Labute approximate surface area is 143 Å². The molecule has 0 spiro atoms. The molecule has 0 aliphatic carbocycles. The summed E-state index contributed by atoms with van der Waals surface area (Å²) in [5.41, 5.74) is 1.13. The zero-order chi connectivity index (χ0) is 18.4. The zero-order valence-electron chi connectivity index (χ0n) is 13.4. The number of phenols is 1. The van der Waals surface area contributed by atoms with E-state index in [2.05, 4.69) is 5.32 Å². The summed E-state index contributed by atoms with van der Waals surface area (Å²) >= 11 is 0. The van der Waals surface area contributed by atoms with Crippen LogP contribution in [0.1, 0.15) is 33.2 Å². The first kappa shape index (κ1) is 18.0. The van der Waals surface area contributed by atoms with E-state index >= 15 is 0 Å². The average molecular weight is 343 g/mol. The molecule has 0 aliphatic heterocycles. The van der Waals surface area contributed by atoms with Gasteiger partial charge in [0, 0.05) is 5.56 Å². The smallest absolute Gasteiger partial charge is 0.325 e. The third-order valence-corrected chi connectivity index (χ3v) is 3.49. The average Bonchev–Trinajstić information content (AvgIpc) is 2.60. The number of carbonyl (C=O) groups excluding carboxylic acids is 2. The first-order valence-electron chi connectivity index (χ1n) is 7.45. The van der Waals surface area contributed by atoms with Crippen molar-refractivity contribution in [2.75, 3.05) is 0 Å². The van der Waals surface area contributed by atoms with Crippen LogP contribution in [0.4, 0.5) is 0 Å². The van der Waals surface area contributed by atoms with E-state index in [0.717, 1.165) is 5.56 Å². The molecule has 2 aromatic carbocycles. The number of rotatable bonds is 7. The minimum Gasteiger partial charge on any atom is -0.507 e. The zero-order valence-corrected chi connectivity index (χ0v) is 13.4. The van der Waals surface area contributed by atoms with Crippen molar-refractivity contribution in [3.8, 4) is 11.5 Å². The fourth-order valence-electron chi connectivity index (χ4n) is 2.03. The van der Waals surface area contributed by atoms with E-state index in [1.807, 2.05) is 0 Å². The van der Waals surface area contributed by atoms with E-state index in [0.29, 0.717) is 11.8 Å². The van der Waals surface area contributed by atoms with Crippen LogP contribution in [0.2, 0.25) is 0 Å². The van der Waals surface area contributed by atoms with Gasteiger partial charge in [-0.15, -0.1) is 0 Å². The molecule has 0 radical (unpaired) electrons. The molecule has 0 bridgehead atoms. The van der Waals surface area contributed by atoms with E-state index in [4.69, 9.17) is 9.84 Å². The third kappa shape index (κ3) is 4.57. The fraction of sp³-hybridized carbons (Fsp3) is 0.167. The number of nitrogens with one attached hydrogen (secondary N) is 1. The number of hydrogen-bond acceptors (Lipinski definition) is 5. The quantitative estimate of drug-likeness (QED) is 0.663. The van der Waals surface area contributed by atoms with E-state index in [1.165, 1.54) is 13.0 Å². The molecular weight excluding hydrogens is 326 g/mol. The maximum atomic E-state index is 11.9. The highest BCUT2D eigenvalue weighted by atomic mass is 16.5. The van der Waals surface area contributed by atoms with Crippen molar-refractivity contribution in [1.82, 2.24) is 5.32 Å². The van der Waals surface area contributed by atoms with Crippen LogP contribution in [-0.4, -0.2) is 34.4 Å². The predicted molar refractivity (Wildman–Crippen MR) is 88.8 cm³/mol. The van der Waals surface area contributed by atoms with Gasteiger partial charge in [-0.2, -0.15) is 0 Å². The van der Waals surface area contributed by atoms with Crippen LogP contribution in [-0.2, 0) is 11.4 Å². The lowest BCUT2D eigenvalue weighted by atomic mass is 10.1. The number of aliphatic carboxylic acids is 1. The molecule has 0 saturated carbocycles. The van der Waals surface area contributed by atoms with Gasteiger partial charge in [-0.25, -0.2) is 0 Å². The van der Waals surface area contributed by atoms with Crippen LogP contribution >= 0.6 is 0 Å². The second kappa shape index (κ2) is 7.96. The van der Waals surface area contributed by atoms with Gasteiger partial charge in [0.1, 0.15) is 24.1 Å².